The van der Waals surface area contributed by atoms with Gasteiger partial charge in [0, 0.05) is 22.9 Å². The lowest BCUT2D eigenvalue weighted by molar-refractivity contribution is -0.0457. The molecule has 0 aliphatic carbocycles. The zero-order valence-electron chi connectivity index (χ0n) is 16.7. The zero-order valence-corrected chi connectivity index (χ0v) is 17.5. The van der Waals surface area contributed by atoms with Crippen LogP contribution in [0, 0.1) is 0 Å². The summed E-state index contributed by atoms with van der Waals surface area (Å²) in [5.41, 5.74) is -0.372. The van der Waals surface area contributed by atoms with Crippen molar-refractivity contribution in [3.05, 3.63) is 27.6 Å². The van der Waals surface area contributed by atoms with E-state index in [0.717, 1.165) is 16.6 Å². The van der Waals surface area contributed by atoms with Crippen LogP contribution in [0.25, 0.3) is 10.2 Å². The Bertz CT molecular complexity index is 803. The number of rotatable bonds is 11. The number of aromatic nitrogens is 2. The maximum atomic E-state index is 12.4. The minimum atomic E-state index is -0.766. The van der Waals surface area contributed by atoms with Crippen molar-refractivity contribution in [1.82, 2.24) is 9.55 Å². The molecule has 0 radical (unpaired) electrons. The number of thiophene rings is 1. The van der Waals surface area contributed by atoms with E-state index in [9.17, 15) is 15.0 Å². The topological polar surface area (TPSA) is 84.6 Å². The van der Waals surface area contributed by atoms with Crippen molar-refractivity contribution in [3.8, 4) is 0 Å². The van der Waals surface area contributed by atoms with Crippen LogP contribution in [0.5, 0.6) is 0 Å². The number of ether oxygens (including phenoxy) is 1. The number of aryl methyl sites for hydroxylation is 1. The average molecular weight is 409 g/mol. The van der Waals surface area contributed by atoms with Gasteiger partial charge in [-0.05, 0) is 18.9 Å². The Balaban J connectivity index is 1.55. The molecule has 0 bridgehead atoms. The summed E-state index contributed by atoms with van der Waals surface area (Å²) in [5, 5.41) is 20.1. The minimum Gasteiger partial charge on any atom is -0.394 e. The van der Waals surface area contributed by atoms with Crippen molar-refractivity contribution in [2.45, 2.75) is 89.6 Å². The van der Waals surface area contributed by atoms with Crippen LogP contribution in [-0.4, -0.2) is 38.6 Å². The van der Waals surface area contributed by atoms with E-state index in [1.54, 1.807) is 17.5 Å². The second-order valence-electron chi connectivity index (χ2n) is 7.74. The predicted molar refractivity (Wildman–Crippen MR) is 112 cm³/mol. The maximum absolute atomic E-state index is 12.4. The molecule has 3 heterocycles. The minimum absolute atomic E-state index is 0.261. The van der Waals surface area contributed by atoms with E-state index in [2.05, 4.69) is 18.0 Å². The molecule has 2 N–H and O–H groups in total. The van der Waals surface area contributed by atoms with Gasteiger partial charge in [-0.3, -0.25) is 4.57 Å². The van der Waals surface area contributed by atoms with E-state index in [0.29, 0.717) is 0 Å². The molecule has 28 heavy (non-hydrogen) atoms. The summed E-state index contributed by atoms with van der Waals surface area (Å²) in [5.74, 6) is 0. The summed E-state index contributed by atoms with van der Waals surface area (Å²) < 4.78 is 7.04. The normalized spacial score (nSPS) is 22.3. The van der Waals surface area contributed by atoms with Gasteiger partial charge in [-0.25, -0.2) is 4.79 Å². The first-order chi connectivity index (χ1) is 13.6. The smallest absolute Gasteiger partial charge is 0.351 e. The summed E-state index contributed by atoms with van der Waals surface area (Å²) in [6, 6.07) is 2.11. The lowest BCUT2D eigenvalue weighted by Gasteiger charge is -2.14. The van der Waals surface area contributed by atoms with Gasteiger partial charge in [0.05, 0.1) is 12.7 Å². The Kier molecular flexibility index (Phi) is 8.02. The van der Waals surface area contributed by atoms with Crippen LogP contribution < -0.4 is 5.69 Å². The molecule has 156 valence electrons. The third kappa shape index (κ3) is 5.41. The summed E-state index contributed by atoms with van der Waals surface area (Å²) in [7, 11) is 0. The molecule has 3 rings (SSSR count). The van der Waals surface area contributed by atoms with Gasteiger partial charge in [0.2, 0.25) is 0 Å². The highest BCUT2D eigenvalue weighted by atomic mass is 32.1. The van der Waals surface area contributed by atoms with Crippen molar-refractivity contribution in [1.29, 1.82) is 0 Å². The fourth-order valence-corrected chi connectivity index (χ4v) is 4.82. The first-order valence-corrected chi connectivity index (χ1v) is 11.4. The Morgan fingerprint density at radius 3 is 2.61 bits per heavy atom. The van der Waals surface area contributed by atoms with E-state index in [1.807, 2.05) is 0 Å². The number of fused-ring (bicyclic) bond motifs is 1. The monoisotopic (exact) mass is 408 g/mol. The first-order valence-electron chi connectivity index (χ1n) is 10.6. The van der Waals surface area contributed by atoms with Gasteiger partial charge in [-0.1, -0.05) is 51.9 Å². The largest absolute Gasteiger partial charge is 0.394 e. The Hall–Kier alpha value is -1.28. The molecule has 1 aliphatic heterocycles. The Labute approximate surface area is 170 Å². The van der Waals surface area contributed by atoms with Crippen LogP contribution in [-0.2, 0) is 11.2 Å². The van der Waals surface area contributed by atoms with Crippen LogP contribution in [0.4, 0.5) is 0 Å². The van der Waals surface area contributed by atoms with Gasteiger partial charge in [0.25, 0.3) is 0 Å². The van der Waals surface area contributed by atoms with Gasteiger partial charge in [-0.15, -0.1) is 11.3 Å². The number of aliphatic hydroxyl groups is 2. The molecule has 7 heteroatoms. The van der Waals surface area contributed by atoms with Crippen LogP contribution in [0.1, 0.15) is 75.8 Å². The highest BCUT2D eigenvalue weighted by Crippen LogP contribution is 2.30. The van der Waals surface area contributed by atoms with E-state index in [-0.39, 0.29) is 18.7 Å². The molecule has 6 nitrogen and oxygen atoms in total. The number of aliphatic hydroxyl groups excluding tert-OH is 2. The third-order valence-electron chi connectivity index (χ3n) is 5.46. The summed E-state index contributed by atoms with van der Waals surface area (Å²) >= 11 is 1.59. The molecule has 0 spiro atoms. The predicted octanol–water partition coefficient (Wildman–Crippen LogP) is 3.78. The average Bonchev–Trinajstić information content (AvgIpc) is 3.25. The van der Waals surface area contributed by atoms with Crippen molar-refractivity contribution >= 4 is 21.6 Å². The van der Waals surface area contributed by atoms with Crippen molar-refractivity contribution < 1.29 is 14.9 Å². The Morgan fingerprint density at radius 2 is 1.93 bits per heavy atom. The number of hydrogen-bond donors (Lipinski definition) is 2. The summed E-state index contributed by atoms with van der Waals surface area (Å²) in [4.78, 5) is 18.6. The molecule has 1 fully saturated rings. The number of unbranched alkanes of at least 4 members (excludes halogenated alkanes) is 7. The highest BCUT2D eigenvalue weighted by Gasteiger charge is 2.35. The van der Waals surface area contributed by atoms with Crippen molar-refractivity contribution in [2.24, 2.45) is 0 Å². The van der Waals surface area contributed by atoms with E-state index in [4.69, 9.17) is 4.74 Å². The maximum Gasteiger partial charge on any atom is 0.351 e. The first kappa shape index (κ1) is 21.4. The van der Waals surface area contributed by atoms with Crippen LogP contribution in [0.3, 0.4) is 0 Å². The fourth-order valence-electron chi connectivity index (χ4n) is 3.79. The SMILES string of the molecule is CCCCCCCCCCc1cc2cn(C3CC(O)C(CO)O3)c(=O)nc2s1. The molecule has 2 aromatic rings. The molecule has 3 atom stereocenters. The highest BCUT2D eigenvalue weighted by molar-refractivity contribution is 7.18. The second-order valence-corrected chi connectivity index (χ2v) is 8.86. The molecular weight excluding hydrogens is 376 g/mol. The van der Waals surface area contributed by atoms with Gasteiger partial charge in [-0.2, -0.15) is 4.98 Å². The number of nitrogens with zero attached hydrogens (tertiary/aromatic N) is 2. The molecule has 0 aromatic carbocycles. The van der Waals surface area contributed by atoms with E-state index >= 15 is 0 Å². The van der Waals surface area contributed by atoms with E-state index in [1.165, 1.54) is 60.8 Å². The fraction of sp³-hybridized carbons (Fsp3) is 0.714. The van der Waals surface area contributed by atoms with Gasteiger partial charge >= 0.3 is 5.69 Å². The van der Waals surface area contributed by atoms with Crippen LogP contribution in [0.15, 0.2) is 17.1 Å². The van der Waals surface area contributed by atoms with Crippen LogP contribution in [0.2, 0.25) is 0 Å². The molecule has 2 aromatic heterocycles. The van der Waals surface area contributed by atoms with Gasteiger partial charge in [0.1, 0.15) is 17.2 Å². The second kappa shape index (κ2) is 10.5. The van der Waals surface area contributed by atoms with Gasteiger partial charge in [0.15, 0.2) is 0 Å². The van der Waals surface area contributed by atoms with Gasteiger partial charge < -0.3 is 14.9 Å². The quantitative estimate of drug-likeness (QED) is 0.553. The van der Waals surface area contributed by atoms with Crippen molar-refractivity contribution in [2.75, 3.05) is 6.61 Å². The summed E-state index contributed by atoms with van der Waals surface area (Å²) in [6.45, 7) is 1.98. The standard InChI is InChI=1S/C21H32N2O4S/c1-2-3-4-5-6-7-8-9-10-16-11-15-13-23(21(26)22-20(15)28-16)19-12-17(25)18(14-24)27-19/h11,13,17-19,24-25H,2-10,12,14H2,1H3. The molecule has 1 saturated heterocycles. The van der Waals surface area contributed by atoms with Crippen molar-refractivity contribution in [3.63, 3.8) is 0 Å². The molecule has 1 aliphatic rings. The zero-order chi connectivity index (χ0) is 19.9. The van der Waals surface area contributed by atoms with Crippen LogP contribution >= 0.6 is 11.3 Å². The Morgan fingerprint density at radius 1 is 1.21 bits per heavy atom. The molecule has 0 amide bonds. The van der Waals surface area contributed by atoms with E-state index < -0.39 is 18.4 Å². The molecule has 3 unspecified atom stereocenters. The summed E-state index contributed by atoms with van der Waals surface area (Å²) in [6.07, 6.45) is 11.5. The lowest BCUT2D eigenvalue weighted by Crippen LogP contribution is -2.27. The lowest BCUT2D eigenvalue weighted by atomic mass is 10.1. The third-order valence-corrected chi connectivity index (χ3v) is 6.56. The molecular formula is C21H32N2O4S. The number of hydrogen-bond acceptors (Lipinski definition) is 6. The molecule has 0 saturated carbocycles.